The second-order valence-electron chi connectivity index (χ2n) is 4.83. The van der Waals surface area contributed by atoms with E-state index in [-0.39, 0.29) is 0 Å². The van der Waals surface area contributed by atoms with Crippen LogP contribution in [0.3, 0.4) is 0 Å². The molecular weight excluding hydrogens is 256 g/mol. The van der Waals surface area contributed by atoms with Crippen LogP contribution in [-0.4, -0.2) is 36.1 Å². The molecule has 2 aromatic rings. The summed E-state index contributed by atoms with van der Waals surface area (Å²) >= 11 is 1.72. The van der Waals surface area contributed by atoms with Gasteiger partial charge in [0, 0.05) is 44.0 Å². The quantitative estimate of drug-likeness (QED) is 0.861. The number of thiazole rings is 1. The van der Waals surface area contributed by atoms with Gasteiger partial charge in [0.1, 0.15) is 5.82 Å². The van der Waals surface area contributed by atoms with Crippen LogP contribution in [0.5, 0.6) is 0 Å². The lowest BCUT2D eigenvalue weighted by molar-refractivity contribution is 0.480. The third kappa shape index (κ3) is 2.71. The fourth-order valence-corrected chi connectivity index (χ4v) is 3.26. The maximum absolute atomic E-state index is 4.42. The van der Waals surface area contributed by atoms with Crippen molar-refractivity contribution in [2.24, 2.45) is 0 Å². The van der Waals surface area contributed by atoms with E-state index in [1.807, 2.05) is 29.9 Å². The molecule has 4 nitrogen and oxygen atoms in total. The van der Waals surface area contributed by atoms with Gasteiger partial charge in [-0.25, -0.2) is 9.97 Å². The second kappa shape index (κ2) is 5.57. The number of hydrogen-bond acceptors (Lipinski definition) is 5. The third-order valence-electron chi connectivity index (χ3n) is 3.71. The van der Waals surface area contributed by atoms with E-state index in [2.05, 4.69) is 32.9 Å². The Balaban J connectivity index is 1.61. The van der Waals surface area contributed by atoms with Gasteiger partial charge in [-0.3, -0.25) is 0 Å². The molecule has 3 rings (SSSR count). The molecule has 0 bridgehead atoms. The fourth-order valence-electron chi connectivity index (χ4n) is 2.57. The molecule has 0 atom stereocenters. The summed E-state index contributed by atoms with van der Waals surface area (Å²) in [4.78, 5) is 13.5. The molecule has 2 aromatic heterocycles. The molecule has 0 saturated carbocycles. The zero-order valence-corrected chi connectivity index (χ0v) is 11.9. The summed E-state index contributed by atoms with van der Waals surface area (Å²) in [5.41, 5.74) is 0. The third-order valence-corrected chi connectivity index (χ3v) is 4.54. The zero-order chi connectivity index (χ0) is 13.1. The van der Waals surface area contributed by atoms with E-state index < -0.39 is 0 Å². The smallest absolute Gasteiger partial charge is 0.185 e. The molecule has 100 valence electrons. The highest BCUT2D eigenvalue weighted by Gasteiger charge is 2.24. The SMILES string of the molecule is CN(c1ccccn1)C1CCN(c2nccs2)CC1. The van der Waals surface area contributed by atoms with Crippen molar-refractivity contribution >= 4 is 22.3 Å². The molecule has 0 radical (unpaired) electrons. The normalized spacial score (nSPS) is 16.6. The van der Waals surface area contributed by atoms with Gasteiger partial charge in [-0.1, -0.05) is 6.07 Å². The van der Waals surface area contributed by atoms with E-state index in [4.69, 9.17) is 0 Å². The molecule has 0 N–H and O–H groups in total. The first kappa shape index (κ1) is 12.4. The molecular formula is C14H18N4S. The van der Waals surface area contributed by atoms with Crippen LogP contribution in [0.15, 0.2) is 36.0 Å². The number of anilines is 2. The second-order valence-corrected chi connectivity index (χ2v) is 5.70. The summed E-state index contributed by atoms with van der Waals surface area (Å²) in [7, 11) is 2.14. The van der Waals surface area contributed by atoms with Gasteiger partial charge in [0.25, 0.3) is 0 Å². The van der Waals surface area contributed by atoms with Crippen molar-refractivity contribution in [3.8, 4) is 0 Å². The van der Waals surface area contributed by atoms with Gasteiger partial charge >= 0.3 is 0 Å². The Kier molecular flexibility index (Phi) is 3.64. The topological polar surface area (TPSA) is 32.3 Å². The average molecular weight is 274 g/mol. The Labute approximate surface area is 117 Å². The number of aromatic nitrogens is 2. The summed E-state index contributed by atoms with van der Waals surface area (Å²) in [5, 5.41) is 3.19. The van der Waals surface area contributed by atoms with E-state index in [9.17, 15) is 0 Å². The molecule has 3 heterocycles. The molecule has 1 aliphatic rings. The number of piperidine rings is 1. The van der Waals surface area contributed by atoms with Crippen molar-refractivity contribution < 1.29 is 0 Å². The predicted octanol–water partition coefficient (Wildman–Crippen LogP) is 2.64. The summed E-state index contributed by atoms with van der Waals surface area (Å²) in [6.07, 6.45) is 6.06. The number of nitrogens with zero attached hydrogens (tertiary/aromatic N) is 4. The monoisotopic (exact) mass is 274 g/mol. The highest BCUT2D eigenvalue weighted by molar-refractivity contribution is 7.13. The van der Waals surface area contributed by atoms with Crippen molar-refractivity contribution in [2.75, 3.05) is 29.9 Å². The molecule has 0 amide bonds. The minimum atomic E-state index is 0.575. The number of pyridine rings is 1. The van der Waals surface area contributed by atoms with Crippen LogP contribution in [0.25, 0.3) is 0 Å². The van der Waals surface area contributed by atoms with E-state index in [0.717, 1.165) is 36.9 Å². The largest absolute Gasteiger partial charge is 0.357 e. The molecule has 5 heteroatoms. The summed E-state index contributed by atoms with van der Waals surface area (Å²) in [6, 6.07) is 6.66. The first-order valence-corrected chi connectivity index (χ1v) is 7.51. The summed E-state index contributed by atoms with van der Waals surface area (Å²) in [6.45, 7) is 2.16. The molecule has 19 heavy (non-hydrogen) atoms. The van der Waals surface area contributed by atoms with Gasteiger partial charge in [-0.05, 0) is 25.0 Å². The summed E-state index contributed by atoms with van der Waals surface area (Å²) in [5.74, 6) is 1.06. The van der Waals surface area contributed by atoms with Crippen molar-refractivity contribution in [3.63, 3.8) is 0 Å². The van der Waals surface area contributed by atoms with Gasteiger partial charge in [0.2, 0.25) is 0 Å². The van der Waals surface area contributed by atoms with E-state index in [1.54, 1.807) is 11.3 Å². The Morgan fingerprint density at radius 3 is 2.68 bits per heavy atom. The Hall–Kier alpha value is -1.62. The van der Waals surface area contributed by atoms with Crippen LogP contribution in [-0.2, 0) is 0 Å². The molecule has 1 saturated heterocycles. The minimum absolute atomic E-state index is 0.575. The first-order valence-electron chi connectivity index (χ1n) is 6.63. The van der Waals surface area contributed by atoms with Gasteiger partial charge in [-0.15, -0.1) is 11.3 Å². The maximum atomic E-state index is 4.42. The average Bonchev–Trinajstić information content (AvgIpc) is 3.02. The Bertz CT molecular complexity index is 491. The molecule has 0 unspecified atom stereocenters. The summed E-state index contributed by atoms with van der Waals surface area (Å²) < 4.78 is 0. The minimum Gasteiger partial charge on any atom is -0.357 e. The van der Waals surface area contributed by atoms with Crippen molar-refractivity contribution in [1.82, 2.24) is 9.97 Å². The van der Waals surface area contributed by atoms with Crippen LogP contribution < -0.4 is 9.80 Å². The van der Waals surface area contributed by atoms with Gasteiger partial charge < -0.3 is 9.80 Å². The predicted molar refractivity (Wildman–Crippen MR) is 80.0 cm³/mol. The lowest BCUT2D eigenvalue weighted by atomic mass is 10.0. The van der Waals surface area contributed by atoms with E-state index in [1.165, 1.54) is 0 Å². The Morgan fingerprint density at radius 1 is 1.21 bits per heavy atom. The molecule has 1 fully saturated rings. The van der Waals surface area contributed by atoms with Gasteiger partial charge in [0.15, 0.2) is 5.13 Å². The lowest BCUT2D eigenvalue weighted by Crippen LogP contribution is -2.43. The van der Waals surface area contributed by atoms with Crippen LogP contribution in [0, 0.1) is 0 Å². The number of hydrogen-bond donors (Lipinski definition) is 0. The van der Waals surface area contributed by atoms with Crippen LogP contribution >= 0.6 is 11.3 Å². The Morgan fingerprint density at radius 2 is 2.05 bits per heavy atom. The number of rotatable bonds is 3. The molecule has 1 aliphatic heterocycles. The fraction of sp³-hybridized carbons (Fsp3) is 0.429. The van der Waals surface area contributed by atoms with Gasteiger partial charge in [0.05, 0.1) is 0 Å². The van der Waals surface area contributed by atoms with E-state index in [0.29, 0.717) is 6.04 Å². The highest BCUT2D eigenvalue weighted by Crippen LogP contribution is 2.25. The standard InChI is InChI=1S/C14H18N4S/c1-17(13-4-2-3-7-15-13)12-5-9-18(10-6-12)14-16-8-11-19-14/h2-4,7-8,11-12H,5-6,9-10H2,1H3. The lowest BCUT2D eigenvalue weighted by Gasteiger charge is -2.37. The van der Waals surface area contributed by atoms with Crippen molar-refractivity contribution in [3.05, 3.63) is 36.0 Å². The van der Waals surface area contributed by atoms with Crippen LogP contribution in [0.4, 0.5) is 10.9 Å². The van der Waals surface area contributed by atoms with Gasteiger partial charge in [-0.2, -0.15) is 0 Å². The van der Waals surface area contributed by atoms with Crippen molar-refractivity contribution in [1.29, 1.82) is 0 Å². The zero-order valence-electron chi connectivity index (χ0n) is 11.1. The van der Waals surface area contributed by atoms with Crippen LogP contribution in [0.2, 0.25) is 0 Å². The van der Waals surface area contributed by atoms with Crippen LogP contribution in [0.1, 0.15) is 12.8 Å². The molecule has 0 aliphatic carbocycles. The maximum Gasteiger partial charge on any atom is 0.185 e. The molecule has 0 spiro atoms. The highest BCUT2D eigenvalue weighted by atomic mass is 32.1. The van der Waals surface area contributed by atoms with E-state index >= 15 is 0 Å². The van der Waals surface area contributed by atoms with Crippen molar-refractivity contribution in [2.45, 2.75) is 18.9 Å². The molecule has 0 aromatic carbocycles. The first-order chi connectivity index (χ1) is 9.34.